The van der Waals surface area contributed by atoms with E-state index in [0.29, 0.717) is 32.8 Å². The molecule has 5 aromatic rings. The highest BCUT2D eigenvalue weighted by molar-refractivity contribution is 6.00. The summed E-state index contributed by atoms with van der Waals surface area (Å²) in [5.74, 6) is -2.27. The van der Waals surface area contributed by atoms with E-state index < -0.39 is 71.3 Å². The fourth-order valence-corrected chi connectivity index (χ4v) is 6.97. The topological polar surface area (TPSA) is 124 Å². The Hall–Kier alpha value is -5.36. The number of aromatic nitrogens is 5. The summed E-state index contributed by atoms with van der Waals surface area (Å²) in [6.45, 7) is 2.10. The van der Waals surface area contributed by atoms with Gasteiger partial charge in [-0.15, -0.1) is 0 Å². The highest BCUT2D eigenvalue weighted by Crippen LogP contribution is 2.68. The van der Waals surface area contributed by atoms with E-state index in [9.17, 15) is 27.5 Å². The minimum Gasteiger partial charge on any atom is -0.382 e. The highest BCUT2D eigenvalue weighted by Gasteiger charge is 2.67. The molecule has 2 aromatic carbocycles. The molecule has 3 heterocycles. The van der Waals surface area contributed by atoms with E-state index in [1.807, 2.05) is 0 Å². The van der Waals surface area contributed by atoms with E-state index in [0.717, 1.165) is 12.1 Å². The number of hydrogen-bond donors (Lipinski definition) is 3. The second-order valence-corrected chi connectivity index (χ2v) is 13.4. The number of rotatable bonds is 8. The summed E-state index contributed by atoms with van der Waals surface area (Å²) < 4.78 is 89.5. The lowest BCUT2D eigenvalue weighted by Crippen LogP contribution is -2.35. The first-order valence-electron chi connectivity index (χ1n) is 16.0. The Kier molecular flexibility index (Phi) is 8.13. The zero-order chi connectivity index (χ0) is 36.6. The molecule has 0 bridgehead atoms. The van der Waals surface area contributed by atoms with Crippen LogP contribution in [0.15, 0.2) is 48.5 Å². The molecule has 0 spiro atoms. The number of nitrogens with one attached hydrogen (secondary N) is 1. The monoisotopic (exact) mass is 707 g/mol. The minimum atomic E-state index is -3.45. The van der Waals surface area contributed by atoms with E-state index >= 15 is 8.78 Å². The van der Waals surface area contributed by atoms with Crippen molar-refractivity contribution in [2.45, 2.75) is 63.1 Å². The third-order valence-electron chi connectivity index (χ3n) is 9.09. The van der Waals surface area contributed by atoms with Crippen LogP contribution in [-0.4, -0.2) is 41.2 Å². The van der Waals surface area contributed by atoms with E-state index in [1.54, 1.807) is 42.1 Å². The summed E-state index contributed by atoms with van der Waals surface area (Å²) in [4.78, 5) is 18.5. The maximum Gasteiger partial charge on any atom is 0.293 e. The number of fused-ring (bicyclic) bond motifs is 4. The Bertz CT molecular complexity index is 2260. The molecule has 0 radical (unpaired) electrons. The van der Waals surface area contributed by atoms with Crippen LogP contribution in [0.25, 0.3) is 22.0 Å². The van der Waals surface area contributed by atoms with Crippen molar-refractivity contribution >= 4 is 22.6 Å². The number of nitrogen functional groups attached to an aromatic ring is 1. The maximum atomic E-state index is 15.3. The van der Waals surface area contributed by atoms with Gasteiger partial charge in [0.15, 0.2) is 5.82 Å². The van der Waals surface area contributed by atoms with Crippen molar-refractivity contribution in [2.75, 3.05) is 5.73 Å². The Morgan fingerprint density at radius 3 is 2.51 bits per heavy atom. The lowest BCUT2D eigenvalue weighted by molar-refractivity contribution is -0.123. The van der Waals surface area contributed by atoms with Gasteiger partial charge in [0.1, 0.15) is 40.9 Å². The van der Waals surface area contributed by atoms with Gasteiger partial charge in [-0.1, -0.05) is 18.1 Å². The van der Waals surface area contributed by atoms with Gasteiger partial charge in [-0.05, 0) is 74.4 Å². The number of nitrogens with zero attached hydrogens (tertiary/aromatic N) is 5. The van der Waals surface area contributed by atoms with Crippen LogP contribution in [0.2, 0.25) is 0 Å². The molecule has 9 nitrogen and oxygen atoms in total. The zero-order valence-corrected chi connectivity index (χ0v) is 27.5. The molecule has 51 heavy (non-hydrogen) atoms. The first-order chi connectivity index (χ1) is 24.0. The Labute approximate surface area is 287 Å². The number of pyridine rings is 1. The average molecular weight is 708 g/mol. The third-order valence-corrected chi connectivity index (χ3v) is 9.09. The van der Waals surface area contributed by atoms with Crippen molar-refractivity contribution in [3.8, 4) is 23.0 Å². The second-order valence-electron chi connectivity index (χ2n) is 13.4. The van der Waals surface area contributed by atoms with Crippen LogP contribution in [0.1, 0.15) is 72.6 Å². The molecule has 1 fully saturated rings. The molecule has 0 aliphatic heterocycles. The van der Waals surface area contributed by atoms with Crippen LogP contribution in [0.4, 0.5) is 32.2 Å². The third kappa shape index (κ3) is 6.28. The van der Waals surface area contributed by atoms with E-state index in [4.69, 9.17) is 10.7 Å². The minimum absolute atomic E-state index is 0.0556. The normalized spacial score (nSPS) is 17.9. The predicted molar refractivity (Wildman–Crippen MR) is 174 cm³/mol. The molecule has 1 amide bonds. The van der Waals surface area contributed by atoms with Crippen LogP contribution in [0.5, 0.6) is 0 Å². The molecular weight excluding hydrogens is 676 g/mol. The molecule has 15 heteroatoms. The lowest BCUT2D eigenvalue weighted by Gasteiger charge is -2.23. The Morgan fingerprint density at radius 1 is 1.10 bits per heavy atom. The number of halogens is 6. The van der Waals surface area contributed by atoms with Crippen molar-refractivity contribution in [3.63, 3.8) is 0 Å². The van der Waals surface area contributed by atoms with Crippen LogP contribution in [-0.2, 0) is 30.7 Å². The fourth-order valence-electron chi connectivity index (χ4n) is 6.97. The summed E-state index contributed by atoms with van der Waals surface area (Å²) in [5, 5.41) is 21.7. The lowest BCUT2D eigenvalue weighted by atomic mass is 9.93. The molecule has 264 valence electrons. The molecule has 3 unspecified atom stereocenters. The molecule has 0 saturated heterocycles. The van der Waals surface area contributed by atoms with Crippen molar-refractivity contribution in [3.05, 3.63) is 94.1 Å². The summed E-state index contributed by atoms with van der Waals surface area (Å²) in [6.07, 6.45) is -3.32. The number of nitrogens with two attached hydrogens (primary N) is 1. The summed E-state index contributed by atoms with van der Waals surface area (Å²) in [7, 11) is 1.68. The molecule has 2 aliphatic rings. The summed E-state index contributed by atoms with van der Waals surface area (Å²) in [5.41, 5.74) is 5.11. The fraction of sp³-hybridized carbons (Fsp3) is 0.333. The summed E-state index contributed by atoms with van der Waals surface area (Å²) >= 11 is 0. The van der Waals surface area contributed by atoms with Crippen molar-refractivity contribution in [2.24, 2.45) is 13.0 Å². The molecule has 2 aliphatic carbocycles. The van der Waals surface area contributed by atoms with Crippen LogP contribution in [0, 0.1) is 29.4 Å². The average Bonchev–Trinajstić information content (AvgIpc) is 3.60. The Morgan fingerprint density at radius 2 is 1.82 bits per heavy atom. The maximum absolute atomic E-state index is 15.3. The smallest absolute Gasteiger partial charge is 0.293 e. The second kappa shape index (κ2) is 12.2. The van der Waals surface area contributed by atoms with Crippen LogP contribution in [0.3, 0.4) is 0 Å². The number of carbonyl (C=O) groups is 1. The highest BCUT2D eigenvalue weighted by atomic mass is 19.3. The van der Waals surface area contributed by atoms with E-state index in [2.05, 4.69) is 27.4 Å². The SMILES string of the molecule is Cn1nc(N)c2cccc(-c3ccc(C#CC(C)(C)O)nc3C(Cc3cc(F)cc(F)c3)NC(=O)Cn3nc(C(F)F)c4c3C(F)(F)C3CC43)c21. The predicted octanol–water partition coefficient (Wildman–Crippen LogP) is 6.06. The van der Waals surface area contributed by atoms with E-state index in [-0.39, 0.29) is 41.2 Å². The van der Waals surface area contributed by atoms with Crippen molar-refractivity contribution in [1.82, 2.24) is 29.9 Å². The van der Waals surface area contributed by atoms with Gasteiger partial charge in [-0.2, -0.15) is 19.0 Å². The van der Waals surface area contributed by atoms with Crippen molar-refractivity contribution < 1.29 is 36.2 Å². The molecule has 1 saturated carbocycles. The van der Waals surface area contributed by atoms with Gasteiger partial charge in [-0.3, -0.25) is 14.2 Å². The molecular formula is C36H31F6N7O2. The number of amides is 1. The first kappa shape index (κ1) is 34.1. The first-order valence-corrected chi connectivity index (χ1v) is 16.0. The molecule has 4 N–H and O–H groups in total. The number of alkyl halides is 4. The van der Waals surface area contributed by atoms with Gasteiger partial charge in [0, 0.05) is 41.1 Å². The van der Waals surface area contributed by atoms with Crippen LogP contribution < -0.4 is 11.1 Å². The summed E-state index contributed by atoms with van der Waals surface area (Å²) in [6, 6.07) is 10.2. The molecule has 3 aromatic heterocycles. The van der Waals surface area contributed by atoms with Gasteiger partial charge in [0.05, 0.1) is 17.3 Å². The zero-order valence-electron chi connectivity index (χ0n) is 27.5. The number of aliphatic hydroxyl groups is 1. The Balaban J connectivity index is 1.35. The van der Waals surface area contributed by atoms with Gasteiger partial charge in [0.2, 0.25) is 5.91 Å². The number of carbonyl (C=O) groups excluding carboxylic acids is 1. The standard InChI is InChI=1S/C36H31F6N7O2/c1-35(2,51)10-9-20-7-8-21(22-5-4-6-23-31(22)48(3)47-34(23)43)29(44-20)26(13-17-11-18(37)14-19(38)12-17)45-27(50)16-49-32-28(30(46-49)33(39)40)24-15-25(24)36(32,41)42/h4-8,11-12,14,24-26,33,51H,13,15-16H2,1-3H3,(H2,43,47)(H,45,50). The number of benzene rings is 2. The molecule has 7 rings (SSSR count). The molecule has 3 atom stereocenters. The van der Waals surface area contributed by atoms with Gasteiger partial charge in [0.25, 0.3) is 12.3 Å². The number of hydrogen-bond acceptors (Lipinski definition) is 6. The number of anilines is 1. The number of para-hydroxylation sites is 1. The van der Waals surface area contributed by atoms with Gasteiger partial charge >= 0.3 is 0 Å². The van der Waals surface area contributed by atoms with Crippen molar-refractivity contribution in [1.29, 1.82) is 0 Å². The largest absolute Gasteiger partial charge is 0.382 e. The quantitative estimate of drug-likeness (QED) is 0.133. The number of aryl methyl sites for hydroxylation is 1. The van der Waals surface area contributed by atoms with E-state index in [1.165, 1.54) is 13.8 Å². The van der Waals surface area contributed by atoms with Gasteiger partial charge < -0.3 is 16.2 Å². The van der Waals surface area contributed by atoms with Gasteiger partial charge in [-0.25, -0.2) is 22.5 Å². The van der Waals surface area contributed by atoms with Crippen LogP contribution >= 0.6 is 0 Å².